The lowest BCUT2D eigenvalue weighted by Crippen LogP contribution is -2.22. The van der Waals surface area contributed by atoms with Gasteiger partial charge in [0.15, 0.2) is 0 Å². The van der Waals surface area contributed by atoms with Crippen molar-refractivity contribution in [1.29, 1.82) is 0 Å². The zero-order valence-corrected chi connectivity index (χ0v) is 23.1. The number of aryl methyl sites for hydroxylation is 1. The van der Waals surface area contributed by atoms with E-state index >= 15 is 0 Å². The molecule has 1 heteroatoms. The maximum Gasteiger partial charge on any atom is 0.0563 e. The second-order valence-electron chi connectivity index (χ2n) is 12.7. The van der Waals surface area contributed by atoms with E-state index < -0.39 is 0 Å². The molecule has 1 nitrogen and oxygen atoms in total. The fourth-order valence-electron chi connectivity index (χ4n) is 8.33. The first-order valence-corrected chi connectivity index (χ1v) is 15.0. The van der Waals surface area contributed by atoms with E-state index in [4.69, 9.17) is 0 Å². The molecule has 0 radical (unpaired) electrons. The zero-order valence-electron chi connectivity index (χ0n) is 23.1. The largest absolute Gasteiger partial charge is 0.333 e. The molecule has 0 amide bonds. The highest BCUT2D eigenvalue weighted by molar-refractivity contribution is 5.90. The van der Waals surface area contributed by atoms with Gasteiger partial charge in [-0.2, -0.15) is 0 Å². The standard InChI is InChI=1S/C39H33N/c1-39(19-18-34-28(24-39)20-25-8-2-3-9-31(25)34)29-14-16-32-26(22-29)21-27-23-30(15-17-33(27)32)40-37-12-6-4-10-35(37)36-11-5-7-13-38(36)40/h2-4,6-10,12-19,22,30H,5,11,20-21,23-24H2,1H3. The van der Waals surface area contributed by atoms with Gasteiger partial charge in [0.05, 0.1) is 6.04 Å². The highest BCUT2D eigenvalue weighted by atomic mass is 15.0. The van der Waals surface area contributed by atoms with E-state index in [2.05, 4.69) is 115 Å². The number of allylic oxidation sites excluding steroid dienone is 9. The van der Waals surface area contributed by atoms with Gasteiger partial charge in [-0.25, -0.2) is 0 Å². The second kappa shape index (κ2) is 8.21. The second-order valence-corrected chi connectivity index (χ2v) is 12.7. The summed E-state index contributed by atoms with van der Waals surface area (Å²) in [6, 6.07) is 25.7. The molecule has 40 heavy (non-hydrogen) atoms. The van der Waals surface area contributed by atoms with Gasteiger partial charge in [-0.15, -0.1) is 0 Å². The number of rotatable bonds is 2. The summed E-state index contributed by atoms with van der Waals surface area (Å²) >= 11 is 0. The molecule has 5 aliphatic carbocycles. The van der Waals surface area contributed by atoms with Crippen molar-refractivity contribution in [3.05, 3.63) is 147 Å². The number of hydrogen-bond donors (Lipinski definition) is 0. The van der Waals surface area contributed by atoms with Crippen LogP contribution >= 0.6 is 0 Å². The molecule has 3 aromatic carbocycles. The van der Waals surface area contributed by atoms with E-state index in [0.29, 0.717) is 6.04 Å². The van der Waals surface area contributed by atoms with Crippen molar-refractivity contribution in [2.45, 2.75) is 56.9 Å². The van der Waals surface area contributed by atoms with E-state index in [-0.39, 0.29) is 5.41 Å². The van der Waals surface area contributed by atoms with Gasteiger partial charge in [-0.3, -0.25) is 0 Å². The lowest BCUT2D eigenvalue weighted by Gasteiger charge is -2.31. The van der Waals surface area contributed by atoms with E-state index in [1.807, 2.05) is 0 Å². The van der Waals surface area contributed by atoms with Crippen LogP contribution in [0.25, 0.3) is 28.1 Å². The van der Waals surface area contributed by atoms with Gasteiger partial charge in [0.25, 0.3) is 0 Å². The van der Waals surface area contributed by atoms with E-state index in [1.54, 1.807) is 11.1 Å². The predicted octanol–water partition coefficient (Wildman–Crippen LogP) is 9.34. The Morgan fingerprint density at radius 3 is 2.60 bits per heavy atom. The average molecular weight is 516 g/mol. The van der Waals surface area contributed by atoms with Gasteiger partial charge < -0.3 is 4.57 Å². The van der Waals surface area contributed by atoms with Crippen molar-refractivity contribution in [3.63, 3.8) is 0 Å². The molecule has 2 unspecified atom stereocenters. The van der Waals surface area contributed by atoms with Crippen LogP contribution < -0.4 is 0 Å². The summed E-state index contributed by atoms with van der Waals surface area (Å²) in [6.07, 6.45) is 21.2. The summed E-state index contributed by atoms with van der Waals surface area (Å²) in [6.45, 7) is 2.43. The number of hydrogen-bond acceptors (Lipinski definition) is 0. The Bertz CT molecular complexity index is 1920. The normalized spacial score (nSPS) is 23.9. The third-order valence-electron chi connectivity index (χ3n) is 10.3. The molecule has 0 N–H and O–H groups in total. The summed E-state index contributed by atoms with van der Waals surface area (Å²) in [5.74, 6) is 0. The van der Waals surface area contributed by atoms with Crippen molar-refractivity contribution in [3.8, 4) is 0 Å². The molecule has 0 aliphatic heterocycles. The number of benzene rings is 3. The highest BCUT2D eigenvalue weighted by Crippen LogP contribution is 2.48. The summed E-state index contributed by atoms with van der Waals surface area (Å²) in [5.41, 5.74) is 17.9. The van der Waals surface area contributed by atoms with Crippen LogP contribution in [0.4, 0.5) is 0 Å². The topological polar surface area (TPSA) is 4.93 Å². The minimum absolute atomic E-state index is 0.0484. The minimum atomic E-state index is 0.0484. The summed E-state index contributed by atoms with van der Waals surface area (Å²) in [4.78, 5) is 0. The van der Waals surface area contributed by atoms with E-state index in [9.17, 15) is 0 Å². The number of fused-ring (bicyclic) bond motifs is 7. The Kier molecular flexibility index (Phi) is 4.66. The van der Waals surface area contributed by atoms with Crippen LogP contribution in [0.3, 0.4) is 0 Å². The lowest BCUT2D eigenvalue weighted by molar-refractivity contribution is 0.577. The fourth-order valence-corrected chi connectivity index (χ4v) is 8.33. The maximum absolute atomic E-state index is 2.62. The molecule has 0 spiro atoms. The van der Waals surface area contributed by atoms with Crippen molar-refractivity contribution in [2.75, 3.05) is 0 Å². The third kappa shape index (κ3) is 3.15. The van der Waals surface area contributed by atoms with Crippen LogP contribution in [0.1, 0.15) is 71.3 Å². The number of nitrogens with zero attached hydrogens (tertiary/aromatic N) is 1. The molecule has 2 atom stereocenters. The first-order chi connectivity index (χ1) is 19.7. The Balaban J connectivity index is 1.01. The van der Waals surface area contributed by atoms with Gasteiger partial charge in [-0.05, 0) is 95.2 Å². The molecule has 4 aromatic rings. The van der Waals surface area contributed by atoms with Crippen LogP contribution in [-0.2, 0) is 24.7 Å². The van der Waals surface area contributed by atoms with Crippen LogP contribution in [0.15, 0.2) is 108 Å². The molecule has 5 aliphatic rings. The molecule has 0 bridgehead atoms. The van der Waals surface area contributed by atoms with Gasteiger partial charge in [-0.1, -0.05) is 109 Å². The average Bonchev–Trinajstić information content (AvgIpc) is 3.65. The van der Waals surface area contributed by atoms with Gasteiger partial charge >= 0.3 is 0 Å². The smallest absolute Gasteiger partial charge is 0.0563 e. The van der Waals surface area contributed by atoms with Crippen LogP contribution in [0, 0.1) is 0 Å². The Morgan fingerprint density at radius 2 is 1.62 bits per heavy atom. The maximum atomic E-state index is 2.62. The summed E-state index contributed by atoms with van der Waals surface area (Å²) in [7, 11) is 0. The molecular weight excluding hydrogens is 482 g/mol. The zero-order chi connectivity index (χ0) is 26.4. The first kappa shape index (κ1) is 22.7. The third-order valence-corrected chi connectivity index (χ3v) is 10.3. The SMILES string of the molecule is CC1(c2ccc3c(c2)CC2=C3C=CC(n3c4c(c5ccccc53)CCC=C4)C2)C=CC2=C(Cc3ccccc32)C1. The van der Waals surface area contributed by atoms with Crippen LogP contribution in [0.5, 0.6) is 0 Å². The molecule has 0 fully saturated rings. The molecule has 9 rings (SSSR count). The molecule has 1 heterocycles. The highest BCUT2D eigenvalue weighted by Gasteiger charge is 2.34. The summed E-state index contributed by atoms with van der Waals surface area (Å²) < 4.78 is 2.62. The summed E-state index contributed by atoms with van der Waals surface area (Å²) in [5, 5.41) is 1.44. The van der Waals surface area contributed by atoms with Gasteiger partial charge in [0, 0.05) is 22.0 Å². The molecule has 1 aromatic heterocycles. The molecular formula is C39H33N. The Morgan fingerprint density at radius 1 is 0.800 bits per heavy atom. The lowest BCUT2D eigenvalue weighted by atomic mass is 9.72. The minimum Gasteiger partial charge on any atom is -0.333 e. The number of para-hydroxylation sites is 1. The van der Waals surface area contributed by atoms with E-state index in [0.717, 1.165) is 38.5 Å². The van der Waals surface area contributed by atoms with Crippen LogP contribution in [-0.4, -0.2) is 4.57 Å². The van der Waals surface area contributed by atoms with Crippen LogP contribution in [0.2, 0.25) is 0 Å². The van der Waals surface area contributed by atoms with Gasteiger partial charge in [0.1, 0.15) is 0 Å². The molecule has 194 valence electrons. The quantitative estimate of drug-likeness (QED) is 0.251. The first-order valence-electron chi connectivity index (χ1n) is 15.0. The Labute approximate surface area is 236 Å². The number of aromatic nitrogens is 1. The molecule has 0 saturated carbocycles. The monoisotopic (exact) mass is 515 g/mol. The van der Waals surface area contributed by atoms with Crippen molar-refractivity contribution in [1.82, 2.24) is 4.57 Å². The van der Waals surface area contributed by atoms with E-state index in [1.165, 1.54) is 61.1 Å². The van der Waals surface area contributed by atoms with Crippen molar-refractivity contribution >= 4 is 28.1 Å². The Hall–Kier alpha value is -4.10. The van der Waals surface area contributed by atoms with Gasteiger partial charge in [0.2, 0.25) is 0 Å². The van der Waals surface area contributed by atoms with Crippen molar-refractivity contribution < 1.29 is 0 Å². The van der Waals surface area contributed by atoms with Crippen molar-refractivity contribution in [2.24, 2.45) is 0 Å². The predicted molar refractivity (Wildman–Crippen MR) is 167 cm³/mol. The molecule has 0 saturated heterocycles. The fraction of sp³-hybridized carbons (Fsp3) is 0.231.